The van der Waals surface area contributed by atoms with Crippen LogP contribution in [0.25, 0.3) is 0 Å². The molecule has 18 aliphatic rings. The molecule has 0 radical (unpaired) electrons. The fourth-order valence-electron chi connectivity index (χ4n) is 24.3. The topological polar surface area (TPSA) is 230 Å². The van der Waals surface area contributed by atoms with Crippen LogP contribution in [0.4, 0.5) is 0 Å². The van der Waals surface area contributed by atoms with Gasteiger partial charge in [-0.1, -0.05) is 96.3 Å². The molecule has 18 fully saturated rings. The zero-order valence-corrected chi connectivity index (χ0v) is 56.7. The zero-order valence-electron chi connectivity index (χ0n) is 52.0. The molecule has 0 aromatic heterocycles. The average Bonchev–Trinajstić information content (AvgIpc) is 2.40. The number of halogens is 3. The Bertz CT molecular complexity index is 2140. The number of fused-ring (bicyclic) bond motifs is 40. The third kappa shape index (κ3) is 12.3. The first-order chi connectivity index (χ1) is 42.6. The van der Waals surface area contributed by atoms with Gasteiger partial charge in [0, 0.05) is 5.92 Å². The summed E-state index contributed by atoms with van der Waals surface area (Å²) in [7, 11) is 15.0. The van der Waals surface area contributed by atoms with Crippen LogP contribution in [0.3, 0.4) is 0 Å². The summed E-state index contributed by atoms with van der Waals surface area (Å²) in [6.45, 7) is 0. The summed E-state index contributed by atoms with van der Waals surface area (Å²) >= 11 is -2.06. The summed E-state index contributed by atoms with van der Waals surface area (Å²) in [5.41, 5.74) is 0. The van der Waals surface area contributed by atoms with E-state index in [0.29, 0.717) is 115 Å². The van der Waals surface area contributed by atoms with Crippen molar-refractivity contribution in [1.82, 2.24) is 85.1 Å². The summed E-state index contributed by atoms with van der Waals surface area (Å²) < 4.78 is 0. The van der Waals surface area contributed by atoms with Crippen molar-refractivity contribution < 1.29 is 9.90 Å². The van der Waals surface area contributed by atoms with E-state index < -0.39 is 19.2 Å². The molecule has 22 heteroatoms. The van der Waals surface area contributed by atoms with Gasteiger partial charge in [-0.2, -0.15) is 0 Å². The standard InChI is InChI=1S/C33H56N8O2.C32H56N8.3ClH.Ga/c42-33(43)23-15-7-14-22-24(23)32-40-30-21-13-6-5-12-20(21)28(38-30)36-26-17-9-2-1-8-16(17)25(34-26)35-27-18-10-3-4-11-19(18)29(37-27)39-31(22)41-32;1-2-10-18-17(9-1)25-33-26(18)38-28-21-13-5-6-14-22(21)30(35-28)40-32-24-16-8-7-15-23(24)31(36-32)39-29-20-12-4-3-11-19(20)27(34-29)37-25;;;;/h16-32,34-41H,1-15H2,(H,42,43);17-40H,1-16H2;3*1H;/q;;;;;+3/p-3. The average molecular weight is 1330 g/mol. The van der Waals surface area contributed by atoms with E-state index in [9.17, 15) is 9.90 Å². The molecule has 25 unspecified atom stereocenters. The van der Waals surface area contributed by atoms with E-state index in [-0.39, 0.29) is 36.5 Å². The first-order valence-electron chi connectivity index (χ1n) is 37.0. The Labute approximate surface area is 538 Å². The van der Waals surface area contributed by atoms with Crippen molar-refractivity contribution in [2.24, 2.45) is 101 Å². The molecule has 0 aromatic rings. The number of rotatable bonds is 1. The summed E-state index contributed by atoms with van der Waals surface area (Å²) in [6.07, 6.45) is 46.1. The number of carboxylic acids is 1. The molecule has 0 spiro atoms. The maximum absolute atomic E-state index is 12.6. The Kier molecular flexibility index (Phi) is 19.4. The van der Waals surface area contributed by atoms with E-state index in [2.05, 4.69) is 85.1 Å². The Morgan fingerprint density at radius 2 is 0.368 bits per heavy atom. The van der Waals surface area contributed by atoms with Crippen molar-refractivity contribution in [3.63, 3.8) is 0 Å². The van der Waals surface area contributed by atoms with Gasteiger partial charge in [0.1, 0.15) is 0 Å². The third-order valence-electron chi connectivity index (χ3n) is 28.0. The van der Waals surface area contributed by atoms with Crippen LogP contribution in [0.15, 0.2) is 0 Å². The van der Waals surface area contributed by atoms with Crippen LogP contribution in [0.5, 0.6) is 0 Å². The second-order valence-corrected chi connectivity index (χ2v) is 43.3. The fraction of sp³-hybridized carbons (Fsp3) is 0.985. The van der Waals surface area contributed by atoms with E-state index >= 15 is 0 Å². The van der Waals surface area contributed by atoms with Crippen LogP contribution in [-0.2, 0) is 4.79 Å². The van der Waals surface area contributed by atoms with Crippen LogP contribution < -0.4 is 85.1 Å². The first-order valence-corrected chi connectivity index (χ1v) is 46.5. The molecule has 8 aliphatic carbocycles. The van der Waals surface area contributed by atoms with E-state index in [4.69, 9.17) is 28.9 Å². The molecule has 17 N–H and O–H groups in total. The van der Waals surface area contributed by atoms with Crippen LogP contribution in [0.1, 0.15) is 199 Å². The Morgan fingerprint density at radius 3 is 0.529 bits per heavy atom. The maximum atomic E-state index is 12.6. The zero-order chi connectivity index (χ0) is 58.4. The Morgan fingerprint density at radius 1 is 0.230 bits per heavy atom. The van der Waals surface area contributed by atoms with E-state index in [1.54, 1.807) is 0 Å². The van der Waals surface area contributed by atoms with Gasteiger partial charge in [0.05, 0.1) is 105 Å². The number of nitrogens with one attached hydrogen (secondary N) is 16. The molecule has 18 rings (SSSR count). The van der Waals surface area contributed by atoms with Gasteiger partial charge in [0.15, 0.2) is 0 Å². The second-order valence-electron chi connectivity index (χ2n) is 32.0. The number of aliphatic carboxylic acids is 1. The molecule has 16 bridgehead atoms. The SMILES string of the molecule is C1CCC2C3NC(NC4NC(NC5NC(NC6NC(N3)C3CCCCC63)C3CCCCC53)C3CCCCC43)C2C1.O=C(O)C1CCCC2C3NC4NC(NC5NC(NC6NC(NC(N3)C12)C1CCCCC61)C1CCCCC51)C1CCCCC41.[Cl][Ga]([Cl])[Cl]. The Hall–Kier alpha value is 0.336. The van der Waals surface area contributed by atoms with Gasteiger partial charge in [0.25, 0.3) is 0 Å². The summed E-state index contributed by atoms with van der Waals surface area (Å²) in [6, 6.07) is 0. The number of hydrogen-bond donors (Lipinski definition) is 17. The predicted molar refractivity (Wildman–Crippen MR) is 344 cm³/mol. The quantitative estimate of drug-likeness (QED) is 0.131. The van der Waals surface area contributed by atoms with Crippen molar-refractivity contribution >= 4 is 48.1 Å². The molecule has 8 saturated carbocycles. The molecule has 10 heterocycles. The van der Waals surface area contributed by atoms with Gasteiger partial charge in [-0.05, 0) is 192 Å². The van der Waals surface area contributed by atoms with E-state index in [0.717, 1.165) is 66.6 Å². The molecule has 10 saturated heterocycles. The minimum atomic E-state index is -2.06. The van der Waals surface area contributed by atoms with Gasteiger partial charge in [-0.3, -0.25) is 89.9 Å². The van der Waals surface area contributed by atoms with Crippen LogP contribution in [-0.4, -0.2) is 123 Å². The first kappa shape index (κ1) is 62.2. The van der Waals surface area contributed by atoms with Gasteiger partial charge in [-0.25, -0.2) is 0 Å². The molecule has 10 aliphatic heterocycles. The van der Waals surface area contributed by atoms with E-state index in [1.165, 1.54) is 180 Å². The van der Waals surface area contributed by atoms with Crippen molar-refractivity contribution in [1.29, 1.82) is 0 Å². The molecule has 0 amide bonds. The predicted octanol–water partition coefficient (Wildman–Crippen LogP) is 6.21. The normalized spacial score (nSPS) is 54.5. The number of carboxylic acid groups (broad SMARTS) is 1. The van der Waals surface area contributed by atoms with Gasteiger partial charge < -0.3 is 5.11 Å². The second kappa shape index (κ2) is 27.1. The molecule has 25 atom stereocenters. The number of carbonyl (C=O) groups is 1. The van der Waals surface area contributed by atoms with Crippen LogP contribution in [0.2, 0.25) is 0 Å². The van der Waals surface area contributed by atoms with Crippen molar-refractivity contribution in [2.45, 2.75) is 298 Å². The summed E-state index contributed by atoms with van der Waals surface area (Å²) in [5.74, 6) is 9.33. The summed E-state index contributed by atoms with van der Waals surface area (Å²) in [5, 5.41) is 77.1. The van der Waals surface area contributed by atoms with Gasteiger partial charge >= 0.3 is 48.1 Å². The van der Waals surface area contributed by atoms with Crippen LogP contribution in [0, 0.1) is 101 Å². The van der Waals surface area contributed by atoms with Crippen molar-refractivity contribution in [3.05, 3.63) is 0 Å². The molecular formula is C65H112Cl3GaN16O2. The van der Waals surface area contributed by atoms with Crippen molar-refractivity contribution in [2.75, 3.05) is 0 Å². The van der Waals surface area contributed by atoms with Gasteiger partial charge in [0.2, 0.25) is 0 Å². The molecule has 87 heavy (non-hydrogen) atoms. The monoisotopic (exact) mass is 1320 g/mol. The van der Waals surface area contributed by atoms with E-state index in [1.807, 2.05) is 0 Å². The Balaban J connectivity index is 0.000000133. The molecule has 0 aromatic carbocycles. The van der Waals surface area contributed by atoms with Crippen LogP contribution >= 0.6 is 28.9 Å². The molecule has 18 nitrogen and oxygen atoms in total. The third-order valence-corrected chi connectivity index (χ3v) is 28.0. The van der Waals surface area contributed by atoms with Gasteiger partial charge in [-0.15, -0.1) is 0 Å². The fourth-order valence-corrected chi connectivity index (χ4v) is 24.3. The minimum absolute atomic E-state index is 0.00446. The molecular weight excluding hydrogens is 1210 g/mol. The molecule has 488 valence electrons. The number of hydrogen-bond acceptors (Lipinski definition) is 17. The summed E-state index contributed by atoms with van der Waals surface area (Å²) in [4.78, 5) is 12.6. The van der Waals surface area contributed by atoms with Crippen molar-refractivity contribution in [3.8, 4) is 0 Å².